The van der Waals surface area contributed by atoms with Gasteiger partial charge in [0.2, 0.25) is 5.43 Å². The molecule has 25 heavy (non-hydrogen) atoms. The van der Waals surface area contributed by atoms with Crippen molar-refractivity contribution in [3.05, 3.63) is 74.0 Å². The van der Waals surface area contributed by atoms with Crippen molar-refractivity contribution in [3.8, 4) is 5.75 Å². The van der Waals surface area contributed by atoms with Gasteiger partial charge in [0, 0.05) is 37.5 Å². The standard InChI is InChI=1S/C19H20N2O4/c1-12-3-4-17-15(9-12)19(24)14(11-25-17)10-20-6-8-21-7-5-16(22)18(23)13(21)2/h3-5,7,9,11,20,23H,6,8,10H2,1-2H3. The lowest BCUT2D eigenvalue weighted by Gasteiger charge is -2.12. The third kappa shape index (κ3) is 3.49. The highest BCUT2D eigenvalue weighted by Crippen LogP contribution is 2.13. The molecule has 0 spiro atoms. The van der Waals surface area contributed by atoms with Gasteiger partial charge in [-0.15, -0.1) is 0 Å². The maximum atomic E-state index is 12.5. The fourth-order valence-electron chi connectivity index (χ4n) is 2.73. The second kappa shape index (κ2) is 6.94. The van der Waals surface area contributed by atoms with Gasteiger partial charge in [0.1, 0.15) is 5.58 Å². The van der Waals surface area contributed by atoms with Gasteiger partial charge in [-0.25, -0.2) is 0 Å². The molecule has 0 fully saturated rings. The van der Waals surface area contributed by atoms with E-state index in [4.69, 9.17) is 4.42 Å². The molecule has 0 bridgehead atoms. The first-order valence-corrected chi connectivity index (χ1v) is 8.08. The summed E-state index contributed by atoms with van der Waals surface area (Å²) in [4.78, 5) is 23.9. The molecule has 130 valence electrons. The molecule has 6 nitrogen and oxygen atoms in total. The van der Waals surface area contributed by atoms with Crippen LogP contribution in [-0.2, 0) is 13.1 Å². The molecule has 0 saturated heterocycles. The van der Waals surface area contributed by atoms with Crippen molar-refractivity contribution >= 4 is 11.0 Å². The van der Waals surface area contributed by atoms with Gasteiger partial charge >= 0.3 is 0 Å². The molecule has 0 saturated carbocycles. The Balaban J connectivity index is 1.68. The van der Waals surface area contributed by atoms with Crippen LogP contribution in [0.1, 0.15) is 16.8 Å². The molecule has 1 aromatic carbocycles. The lowest BCUT2D eigenvalue weighted by molar-refractivity contribution is 0.451. The zero-order valence-electron chi connectivity index (χ0n) is 14.2. The summed E-state index contributed by atoms with van der Waals surface area (Å²) < 4.78 is 7.32. The Hall–Kier alpha value is -2.86. The number of hydrogen-bond acceptors (Lipinski definition) is 5. The number of aromatic hydroxyl groups is 1. The molecule has 3 aromatic rings. The SMILES string of the molecule is Cc1ccc2occ(CNCCn3ccc(=O)c(O)c3C)c(=O)c2c1. The van der Waals surface area contributed by atoms with Gasteiger partial charge in [-0.1, -0.05) is 11.6 Å². The lowest BCUT2D eigenvalue weighted by atomic mass is 10.1. The van der Waals surface area contributed by atoms with Gasteiger partial charge < -0.3 is 19.4 Å². The molecule has 2 heterocycles. The summed E-state index contributed by atoms with van der Waals surface area (Å²) in [6.07, 6.45) is 3.13. The van der Waals surface area contributed by atoms with Crippen LogP contribution in [0.15, 0.2) is 50.7 Å². The van der Waals surface area contributed by atoms with Crippen LogP contribution in [0.5, 0.6) is 5.75 Å². The zero-order chi connectivity index (χ0) is 18.0. The summed E-state index contributed by atoms with van der Waals surface area (Å²) in [6, 6.07) is 6.87. The molecule has 3 rings (SSSR count). The average molecular weight is 340 g/mol. The molecule has 2 aromatic heterocycles. The molecule has 0 aliphatic carbocycles. The van der Waals surface area contributed by atoms with E-state index < -0.39 is 0 Å². The quantitative estimate of drug-likeness (QED) is 0.695. The van der Waals surface area contributed by atoms with E-state index in [2.05, 4.69) is 5.32 Å². The van der Waals surface area contributed by atoms with Crippen LogP contribution in [0.2, 0.25) is 0 Å². The summed E-state index contributed by atoms with van der Waals surface area (Å²) in [5.74, 6) is -0.229. The molecule has 6 heteroatoms. The van der Waals surface area contributed by atoms with Crippen molar-refractivity contribution in [2.45, 2.75) is 26.9 Å². The third-order valence-corrected chi connectivity index (χ3v) is 4.26. The maximum Gasteiger partial charge on any atom is 0.223 e. The van der Waals surface area contributed by atoms with Crippen molar-refractivity contribution in [2.75, 3.05) is 6.54 Å². The van der Waals surface area contributed by atoms with E-state index in [0.29, 0.717) is 41.9 Å². The minimum absolute atomic E-state index is 0.0327. The second-order valence-corrected chi connectivity index (χ2v) is 6.07. The topological polar surface area (TPSA) is 84.5 Å². The number of aryl methyl sites for hydroxylation is 1. The van der Waals surface area contributed by atoms with Crippen LogP contribution in [0.3, 0.4) is 0 Å². The van der Waals surface area contributed by atoms with Crippen molar-refractivity contribution in [3.63, 3.8) is 0 Å². The Morgan fingerprint density at radius 2 is 2.00 bits per heavy atom. The number of nitrogens with zero attached hydrogens (tertiary/aromatic N) is 1. The number of hydrogen-bond donors (Lipinski definition) is 2. The Morgan fingerprint density at radius 1 is 1.20 bits per heavy atom. The minimum Gasteiger partial charge on any atom is -0.503 e. The maximum absolute atomic E-state index is 12.5. The highest BCUT2D eigenvalue weighted by atomic mass is 16.3. The van der Waals surface area contributed by atoms with E-state index in [-0.39, 0.29) is 16.6 Å². The first kappa shape index (κ1) is 17.0. The highest BCUT2D eigenvalue weighted by molar-refractivity contribution is 5.77. The van der Waals surface area contributed by atoms with Gasteiger partial charge in [-0.3, -0.25) is 9.59 Å². The van der Waals surface area contributed by atoms with Gasteiger partial charge in [0.15, 0.2) is 11.2 Å². The molecule has 0 unspecified atom stereocenters. The predicted molar refractivity (Wildman–Crippen MR) is 96.0 cm³/mol. The summed E-state index contributed by atoms with van der Waals surface area (Å²) >= 11 is 0. The number of aromatic nitrogens is 1. The lowest BCUT2D eigenvalue weighted by Crippen LogP contribution is -2.24. The Bertz CT molecular complexity index is 1030. The smallest absolute Gasteiger partial charge is 0.223 e. The van der Waals surface area contributed by atoms with Crippen LogP contribution < -0.4 is 16.2 Å². The van der Waals surface area contributed by atoms with Crippen LogP contribution in [-0.4, -0.2) is 16.2 Å². The molecule has 0 amide bonds. The van der Waals surface area contributed by atoms with Crippen molar-refractivity contribution in [1.82, 2.24) is 9.88 Å². The minimum atomic E-state index is -0.384. The van der Waals surface area contributed by atoms with E-state index in [9.17, 15) is 14.7 Å². The fourth-order valence-corrected chi connectivity index (χ4v) is 2.73. The van der Waals surface area contributed by atoms with E-state index >= 15 is 0 Å². The van der Waals surface area contributed by atoms with Crippen LogP contribution >= 0.6 is 0 Å². The molecular weight excluding hydrogens is 320 g/mol. The number of benzene rings is 1. The Kier molecular flexibility index (Phi) is 4.72. The molecule has 2 N–H and O–H groups in total. The first-order chi connectivity index (χ1) is 12.0. The monoisotopic (exact) mass is 340 g/mol. The summed E-state index contributed by atoms with van der Waals surface area (Å²) in [6.45, 7) is 5.16. The van der Waals surface area contributed by atoms with Crippen molar-refractivity contribution in [2.24, 2.45) is 0 Å². The van der Waals surface area contributed by atoms with Crippen LogP contribution in [0, 0.1) is 13.8 Å². The predicted octanol–water partition coefficient (Wildman–Crippen LogP) is 2.07. The van der Waals surface area contributed by atoms with E-state index in [1.165, 1.54) is 12.3 Å². The highest BCUT2D eigenvalue weighted by Gasteiger charge is 2.08. The average Bonchev–Trinajstić information content (AvgIpc) is 2.60. The largest absolute Gasteiger partial charge is 0.503 e. The van der Waals surface area contributed by atoms with Crippen LogP contribution in [0.4, 0.5) is 0 Å². The van der Waals surface area contributed by atoms with Crippen molar-refractivity contribution < 1.29 is 9.52 Å². The number of pyridine rings is 1. The number of nitrogens with one attached hydrogen (secondary N) is 1. The summed E-state index contributed by atoms with van der Waals surface area (Å²) in [5, 5.41) is 13.4. The number of rotatable bonds is 5. The molecule has 0 atom stereocenters. The molecule has 0 aliphatic rings. The molecular formula is C19H20N2O4. The first-order valence-electron chi connectivity index (χ1n) is 8.08. The van der Waals surface area contributed by atoms with Gasteiger partial charge in [-0.2, -0.15) is 0 Å². The van der Waals surface area contributed by atoms with E-state index in [1.54, 1.807) is 23.8 Å². The zero-order valence-corrected chi connectivity index (χ0v) is 14.2. The third-order valence-electron chi connectivity index (χ3n) is 4.26. The second-order valence-electron chi connectivity index (χ2n) is 6.07. The molecule has 0 radical (unpaired) electrons. The van der Waals surface area contributed by atoms with Gasteiger partial charge in [0.05, 0.1) is 17.3 Å². The Labute approximate surface area is 144 Å². The van der Waals surface area contributed by atoms with Gasteiger partial charge in [-0.05, 0) is 26.0 Å². The van der Waals surface area contributed by atoms with E-state index in [0.717, 1.165) is 5.56 Å². The fraction of sp³-hybridized carbons (Fsp3) is 0.263. The number of fused-ring (bicyclic) bond motifs is 1. The van der Waals surface area contributed by atoms with Crippen molar-refractivity contribution in [1.29, 1.82) is 0 Å². The van der Waals surface area contributed by atoms with E-state index in [1.807, 2.05) is 19.1 Å². The Morgan fingerprint density at radius 3 is 2.80 bits per heavy atom. The van der Waals surface area contributed by atoms with Gasteiger partial charge in [0.25, 0.3) is 0 Å². The summed E-state index contributed by atoms with van der Waals surface area (Å²) in [5.41, 5.74) is 2.27. The normalized spacial score (nSPS) is 11.1. The molecule has 0 aliphatic heterocycles. The summed E-state index contributed by atoms with van der Waals surface area (Å²) in [7, 11) is 0. The van der Waals surface area contributed by atoms with Crippen LogP contribution in [0.25, 0.3) is 11.0 Å².